The van der Waals surface area contributed by atoms with Crippen molar-refractivity contribution in [1.82, 2.24) is 0 Å². The fraction of sp³-hybridized carbons (Fsp3) is 0.667. The van der Waals surface area contributed by atoms with Gasteiger partial charge in [0.15, 0.2) is 5.78 Å². The summed E-state index contributed by atoms with van der Waals surface area (Å²) in [5, 5.41) is 9.19. The third-order valence-corrected chi connectivity index (χ3v) is 1.41. The lowest BCUT2D eigenvalue weighted by Crippen LogP contribution is -2.01. The van der Waals surface area contributed by atoms with Crippen molar-refractivity contribution in [2.24, 2.45) is 0 Å². The zero-order valence-electron chi connectivity index (χ0n) is 7.21. The molecule has 0 aromatic carbocycles. The van der Waals surface area contributed by atoms with Crippen molar-refractivity contribution in [2.45, 2.75) is 39.2 Å². The van der Waals surface area contributed by atoms with Crippen molar-refractivity contribution in [3.63, 3.8) is 0 Å². The fourth-order valence-corrected chi connectivity index (χ4v) is 0.756. The second-order valence-corrected chi connectivity index (χ2v) is 2.68. The second kappa shape index (κ2) is 6.10. The van der Waals surface area contributed by atoms with Crippen LogP contribution >= 0.6 is 0 Å². The Morgan fingerprint density at radius 1 is 1.64 bits per heavy atom. The van der Waals surface area contributed by atoms with Crippen molar-refractivity contribution < 1.29 is 9.90 Å². The van der Waals surface area contributed by atoms with Gasteiger partial charge in [-0.3, -0.25) is 4.79 Å². The molecular weight excluding hydrogens is 140 g/mol. The van der Waals surface area contributed by atoms with Crippen LogP contribution in [0.3, 0.4) is 0 Å². The number of unbranched alkanes of at least 4 members (excludes halogenated alkanes) is 1. The molecule has 0 heterocycles. The highest BCUT2D eigenvalue weighted by atomic mass is 16.3. The largest absolute Gasteiger partial charge is 0.389 e. The molecule has 64 valence electrons. The highest BCUT2D eigenvalue weighted by molar-refractivity contribution is 5.87. The van der Waals surface area contributed by atoms with E-state index in [1.807, 2.05) is 0 Å². The summed E-state index contributed by atoms with van der Waals surface area (Å²) in [5.41, 5.74) is 0. The van der Waals surface area contributed by atoms with Gasteiger partial charge in [0.05, 0.1) is 6.10 Å². The van der Waals surface area contributed by atoms with E-state index in [2.05, 4.69) is 6.92 Å². The highest BCUT2D eigenvalue weighted by Crippen LogP contribution is 2.00. The summed E-state index contributed by atoms with van der Waals surface area (Å²) in [6.07, 6.45) is 5.35. The molecule has 0 saturated heterocycles. The van der Waals surface area contributed by atoms with E-state index in [-0.39, 0.29) is 5.78 Å². The first kappa shape index (κ1) is 10.4. The predicted molar refractivity (Wildman–Crippen MR) is 45.4 cm³/mol. The summed E-state index contributed by atoms with van der Waals surface area (Å²) in [5.74, 6) is -0.0134. The maximum atomic E-state index is 10.4. The van der Waals surface area contributed by atoms with Crippen molar-refractivity contribution in [3.05, 3.63) is 12.2 Å². The fourth-order valence-electron chi connectivity index (χ4n) is 0.756. The Morgan fingerprint density at radius 2 is 2.27 bits per heavy atom. The van der Waals surface area contributed by atoms with E-state index in [0.717, 1.165) is 19.3 Å². The molecule has 0 radical (unpaired) electrons. The Balaban J connectivity index is 3.50. The van der Waals surface area contributed by atoms with Gasteiger partial charge in [0, 0.05) is 0 Å². The minimum absolute atomic E-state index is 0.0134. The Labute approximate surface area is 67.9 Å². The van der Waals surface area contributed by atoms with Gasteiger partial charge in [0.1, 0.15) is 0 Å². The molecule has 0 fully saturated rings. The van der Waals surface area contributed by atoms with E-state index >= 15 is 0 Å². The van der Waals surface area contributed by atoms with E-state index in [1.165, 1.54) is 13.0 Å². The van der Waals surface area contributed by atoms with E-state index < -0.39 is 6.10 Å². The van der Waals surface area contributed by atoms with Gasteiger partial charge < -0.3 is 5.11 Å². The predicted octanol–water partition coefficient (Wildman–Crippen LogP) is 1.68. The summed E-state index contributed by atoms with van der Waals surface area (Å²) in [6, 6.07) is 0. The third kappa shape index (κ3) is 7.26. The third-order valence-electron chi connectivity index (χ3n) is 1.41. The molecule has 0 aliphatic rings. The van der Waals surface area contributed by atoms with Crippen LogP contribution in [0.15, 0.2) is 12.2 Å². The average Bonchev–Trinajstić information content (AvgIpc) is 1.97. The van der Waals surface area contributed by atoms with Crippen LogP contribution in [0.2, 0.25) is 0 Å². The van der Waals surface area contributed by atoms with Crippen LogP contribution in [-0.2, 0) is 4.79 Å². The van der Waals surface area contributed by atoms with Gasteiger partial charge in [0.25, 0.3) is 0 Å². The van der Waals surface area contributed by atoms with E-state index in [1.54, 1.807) is 6.08 Å². The number of hydrogen-bond donors (Lipinski definition) is 1. The van der Waals surface area contributed by atoms with E-state index in [4.69, 9.17) is 0 Å². The van der Waals surface area contributed by atoms with Gasteiger partial charge in [-0.05, 0) is 19.4 Å². The molecule has 1 N–H and O–H groups in total. The second-order valence-electron chi connectivity index (χ2n) is 2.68. The Morgan fingerprint density at radius 3 is 2.73 bits per heavy atom. The van der Waals surface area contributed by atoms with Gasteiger partial charge in [-0.2, -0.15) is 0 Å². The van der Waals surface area contributed by atoms with Gasteiger partial charge >= 0.3 is 0 Å². The SMILES string of the molecule is CCCCC(O)/C=C/C(C)=O. The number of allylic oxidation sites excluding steroid dienone is 1. The molecule has 11 heavy (non-hydrogen) atoms. The van der Waals surface area contributed by atoms with E-state index in [0.29, 0.717) is 0 Å². The number of carbonyl (C=O) groups is 1. The van der Waals surface area contributed by atoms with Crippen molar-refractivity contribution in [1.29, 1.82) is 0 Å². The first-order chi connectivity index (χ1) is 5.16. The summed E-state index contributed by atoms with van der Waals surface area (Å²) < 4.78 is 0. The van der Waals surface area contributed by atoms with Crippen LogP contribution < -0.4 is 0 Å². The minimum atomic E-state index is -0.446. The number of rotatable bonds is 5. The first-order valence-corrected chi connectivity index (χ1v) is 4.03. The van der Waals surface area contributed by atoms with Crippen molar-refractivity contribution in [3.8, 4) is 0 Å². The van der Waals surface area contributed by atoms with Crippen LogP contribution in [0.25, 0.3) is 0 Å². The quantitative estimate of drug-likeness (QED) is 0.615. The molecule has 0 aliphatic carbocycles. The van der Waals surface area contributed by atoms with Gasteiger partial charge in [-0.15, -0.1) is 0 Å². The van der Waals surface area contributed by atoms with Gasteiger partial charge in [0.2, 0.25) is 0 Å². The lowest BCUT2D eigenvalue weighted by molar-refractivity contribution is -0.112. The normalized spacial score (nSPS) is 13.7. The standard InChI is InChI=1S/C9H16O2/c1-3-4-5-9(11)7-6-8(2)10/h6-7,9,11H,3-5H2,1-2H3/b7-6+. The highest BCUT2D eigenvalue weighted by Gasteiger charge is 1.96. The smallest absolute Gasteiger partial charge is 0.152 e. The van der Waals surface area contributed by atoms with Crippen LogP contribution in [0.4, 0.5) is 0 Å². The monoisotopic (exact) mass is 156 g/mol. The lowest BCUT2D eigenvalue weighted by Gasteiger charge is -2.01. The summed E-state index contributed by atoms with van der Waals surface area (Å²) in [4.78, 5) is 10.4. The molecular formula is C9H16O2. The zero-order valence-corrected chi connectivity index (χ0v) is 7.21. The first-order valence-electron chi connectivity index (χ1n) is 4.03. The van der Waals surface area contributed by atoms with Crippen LogP contribution in [-0.4, -0.2) is 17.0 Å². The van der Waals surface area contributed by atoms with Crippen LogP contribution in [0.1, 0.15) is 33.1 Å². The topological polar surface area (TPSA) is 37.3 Å². The summed E-state index contributed by atoms with van der Waals surface area (Å²) in [7, 11) is 0. The van der Waals surface area contributed by atoms with Crippen molar-refractivity contribution >= 4 is 5.78 Å². The molecule has 0 bridgehead atoms. The molecule has 0 spiro atoms. The van der Waals surface area contributed by atoms with Gasteiger partial charge in [-0.1, -0.05) is 25.8 Å². The molecule has 0 rings (SSSR count). The van der Waals surface area contributed by atoms with Crippen LogP contribution in [0, 0.1) is 0 Å². The molecule has 0 amide bonds. The number of carbonyl (C=O) groups excluding carboxylic acids is 1. The minimum Gasteiger partial charge on any atom is -0.389 e. The Bertz CT molecular complexity index is 138. The van der Waals surface area contributed by atoms with Crippen LogP contribution in [0.5, 0.6) is 0 Å². The summed E-state index contributed by atoms with van der Waals surface area (Å²) >= 11 is 0. The van der Waals surface area contributed by atoms with E-state index in [9.17, 15) is 9.90 Å². The molecule has 0 aromatic heterocycles. The van der Waals surface area contributed by atoms with Gasteiger partial charge in [-0.25, -0.2) is 0 Å². The number of aliphatic hydroxyl groups is 1. The Hall–Kier alpha value is -0.630. The number of hydrogen-bond acceptors (Lipinski definition) is 2. The van der Waals surface area contributed by atoms with Crippen molar-refractivity contribution in [2.75, 3.05) is 0 Å². The Kier molecular flexibility index (Phi) is 5.75. The molecule has 0 saturated carbocycles. The molecule has 1 unspecified atom stereocenters. The maximum absolute atomic E-state index is 10.4. The molecule has 0 aromatic rings. The lowest BCUT2D eigenvalue weighted by atomic mass is 10.1. The average molecular weight is 156 g/mol. The number of ketones is 1. The molecule has 2 nitrogen and oxygen atoms in total. The molecule has 1 atom stereocenters. The zero-order chi connectivity index (χ0) is 8.69. The molecule has 2 heteroatoms. The number of aliphatic hydroxyl groups excluding tert-OH is 1. The maximum Gasteiger partial charge on any atom is 0.152 e. The molecule has 0 aliphatic heterocycles. The summed E-state index contributed by atoms with van der Waals surface area (Å²) in [6.45, 7) is 3.55.